The molecule has 1 unspecified atom stereocenters. The molecule has 2 aromatic carbocycles. The number of carbonyl (C=O) groups is 2. The van der Waals surface area contributed by atoms with E-state index in [4.69, 9.17) is 23.2 Å². The molecule has 1 aliphatic heterocycles. The van der Waals surface area contributed by atoms with Gasteiger partial charge in [-0.25, -0.2) is 8.42 Å². The Morgan fingerprint density at radius 3 is 2.30 bits per heavy atom. The number of aliphatic carboxylic acids is 1. The molecule has 9 heteroatoms. The van der Waals surface area contributed by atoms with E-state index < -0.39 is 33.3 Å². The highest BCUT2D eigenvalue weighted by Crippen LogP contribution is 2.53. The fraction of sp³-hybridized carbons (Fsp3) is 0.500. The SMILES string of the molecule is CCC(CS(=O)(=O)C1CC1)N1C(=O)[C@@](CC)(CC(=O)O)C[C@H](c2cccc(Cl)c2)[C@H]1c1ccc(Cl)cc1. The van der Waals surface area contributed by atoms with Crippen LogP contribution in [0.1, 0.15) is 75.5 Å². The lowest BCUT2D eigenvalue weighted by molar-refractivity contribution is -0.161. The molecule has 1 aliphatic carbocycles. The number of nitrogens with zero attached hydrogens (tertiary/aromatic N) is 1. The lowest BCUT2D eigenvalue weighted by Crippen LogP contribution is -2.58. The standard InChI is InChI=1S/C28H33Cl2NO5S/c1-3-22(17-37(35,36)23-12-13-23)31-26(18-8-10-20(29)11-9-18)24(19-6-5-7-21(30)14-19)15-28(4-2,27(31)34)16-25(32)33/h5-11,14,22-24,26H,3-4,12-13,15-17H2,1-2H3,(H,32,33)/t22?,24-,26-,28-/m1/s1. The van der Waals surface area contributed by atoms with Crippen LogP contribution in [0.3, 0.4) is 0 Å². The Morgan fingerprint density at radius 1 is 1.08 bits per heavy atom. The molecule has 6 nitrogen and oxygen atoms in total. The van der Waals surface area contributed by atoms with Crippen molar-refractivity contribution in [2.45, 2.75) is 75.6 Å². The van der Waals surface area contributed by atoms with Crippen LogP contribution in [0.5, 0.6) is 0 Å². The molecule has 0 aromatic heterocycles. The van der Waals surface area contributed by atoms with Crippen molar-refractivity contribution in [1.29, 1.82) is 0 Å². The van der Waals surface area contributed by atoms with Crippen LogP contribution in [0.2, 0.25) is 10.0 Å². The van der Waals surface area contributed by atoms with Crippen molar-refractivity contribution < 1.29 is 23.1 Å². The summed E-state index contributed by atoms with van der Waals surface area (Å²) in [5.74, 6) is -1.79. The summed E-state index contributed by atoms with van der Waals surface area (Å²) in [6.45, 7) is 3.71. The zero-order chi connectivity index (χ0) is 27.0. The summed E-state index contributed by atoms with van der Waals surface area (Å²) < 4.78 is 26.3. The molecule has 4 atom stereocenters. The van der Waals surface area contributed by atoms with Gasteiger partial charge in [-0.15, -0.1) is 0 Å². The largest absolute Gasteiger partial charge is 0.481 e. The van der Waals surface area contributed by atoms with Gasteiger partial charge in [-0.2, -0.15) is 0 Å². The average molecular weight is 567 g/mol. The van der Waals surface area contributed by atoms with Crippen LogP contribution in [0, 0.1) is 5.41 Å². The van der Waals surface area contributed by atoms with Gasteiger partial charge in [-0.05, 0) is 67.5 Å². The van der Waals surface area contributed by atoms with Crippen LogP contribution in [0.4, 0.5) is 0 Å². The van der Waals surface area contributed by atoms with Crippen molar-refractivity contribution in [3.63, 3.8) is 0 Å². The van der Waals surface area contributed by atoms with E-state index in [-0.39, 0.29) is 29.2 Å². The van der Waals surface area contributed by atoms with Gasteiger partial charge in [-0.3, -0.25) is 9.59 Å². The zero-order valence-electron chi connectivity index (χ0n) is 21.1. The summed E-state index contributed by atoms with van der Waals surface area (Å²) in [7, 11) is -3.39. The predicted molar refractivity (Wildman–Crippen MR) is 146 cm³/mol. The first kappa shape index (κ1) is 27.9. The number of piperidine rings is 1. The summed E-state index contributed by atoms with van der Waals surface area (Å²) in [4.78, 5) is 28.1. The number of carboxylic acid groups (broad SMARTS) is 1. The van der Waals surface area contributed by atoms with Crippen molar-refractivity contribution in [3.05, 3.63) is 69.7 Å². The molecule has 2 aromatic rings. The van der Waals surface area contributed by atoms with Crippen molar-refractivity contribution in [3.8, 4) is 0 Å². The molecule has 2 aliphatic rings. The Hall–Kier alpha value is -2.09. The first-order valence-corrected chi connectivity index (χ1v) is 15.3. The number of hydrogen-bond donors (Lipinski definition) is 1. The van der Waals surface area contributed by atoms with Gasteiger partial charge in [0.25, 0.3) is 0 Å². The molecule has 1 heterocycles. The van der Waals surface area contributed by atoms with Crippen molar-refractivity contribution in [2.24, 2.45) is 5.41 Å². The van der Waals surface area contributed by atoms with Crippen LogP contribution in [-0.4, -0.2) is 47.3 Å². The number of hydrogen-bond acceptors (Lipinski definition) is 4. The fourth-order valence-electron chi connectivity index (χ4n) is 5.78. The predicted octanol–water partition coefficient (Wildman–Crippen LogP) is 6.28. The lowest BCUT2D eigenvalue weighted by Gasteiger charge is -2.52. The maximum Gasteiger partial charge on any atom is 0.304 e. The summed E-state index contributed by atoms with van der Waals surface area (Å²) in [5.41, 5.74) is 0.538. The van der Waals surface area contributed by atoms with Gasteiger partial charge < -0.3 is 10.0 Å². The van der Waals surface area contributed by atoms with Gasteiger partial charge in [0.15, 0.2) is 9.84 Å². The fourth-order valence-corrected chi connectivity index (χ4v) is 8.17. The van der Waals surface area contributed by atoms with Gasteiger partial charge in [0, 0.05) is 22.0 Å². The summed E-state index contributed by atoms with van der Waals surface area (Å²) in [6, 6.07) is 13.6. The summed E-state index contributed by atoms with van der Waals surface area (Å²) >= 11 is 12.6. The number of sulfone groups is 1. The second-order valence-electron chi connectivity index (χ2n) is 10.4. The number of benzene rings is 2. The van der Waals surface area contributed by atoms with E-state index in [1.54, 1.807) is 23.1 Å². The van der Waals surface area contributed by atoms with Crippen LogP contribution >= 0.6 is 23.2 Å². The normalized spacial score (nSPS) is 25.2. The minimum absolute atomic E-state index is 0.140. The first-order chi connectivity index (χ1) is 17.5. The molecule has 0 bridgehead atoms. The zero-order valence-corrected chi connectivity index (χ0v) is 23.4. The highest BCUT2D eigenvalue weighted by molar-refractivity contribution is 7.92. The van der Waals surface area contributed by atoms with E-state index in [9.17, 15) is 23.1 Å². The van der Waals surface area contributed by atoms with E-state index in [2.05, 4.69) is 0 Å². The number of rotatable bonds is 10. The van der Waals surface area contributed by atoms with E-state index >= 15 is 0 Å². The highest BCUT2D eigenvalue weighted by Gasteiger charge is 2.54. The van der Waals surface area contributed by atoms with Crippen LogP contribution in [-0.2, 0) is 19.4 Å². The third-order valence-corrected chi connectivity index (χ3v) is 10.8. The Kier molecular flexibility index (Phi) is 8.27. The van der Waals surface area contributed by atoms with Crippen molar-refractivity contribution >= 4 is 44.9 Å². The van der Waals surface area contributed by atoms with E-state index in [1.165, 1.54) is 0 Å². The van der Waals surface area contributed by atoms with E-state index in [1.807, 2.05) is 44.2 Å². The molecule has 2 fully saturated rings. The van der Waals surface area contributed by atoms with E-state index in [0.29, 0.717) is 42.1 Å². The van der Waals surface area contributed by atoms with Crippen LogP contribution < -0.4 is 0 Å². The molecule has 1 saturated carbocycles. The smallest absolute Gasteiger partial charge is 0.304 e. The van der Waals surface area contributed by atoms with Gasteiger partial charge in [0.05, 0.1) is 28.9 Å². The molecular weight excluding hydrogens is 533 g/mol. The molecule has 37 heavy (non-hydrogen) atoms. The minimum atomic E-state index is -3.39. The Labute approximate surface area is 228 Å². The Bertz CT molecular complexity index is 1260. The molecule has 1 amide bonds. The van der Waals surface area contributed by atoms with Gasteiger partial charge >= 0.3 is 5.97 Å². The third-order valence-electron chi connectivity index (χ3n) is 7.96. The van der Waals surface area contributed by atoms with Crippen molar-refractivity contribution in [2.75, 3.05) is 5.75 Å². The average Bonchev–Trinajstić information content (AvgIpc) is 3.70. The second-order valence-corrected chi connectivity index (χ2v) is 13.6. The first-order valence-electron chi connectivity index (χ1n) is 12.8. The summed E-state index contributed by atoms with van der Waals surface area (Å²) in [5, 5.41) is 10.6. The maximum absolute atomic E-state index is 14.4. The van der Waals surface area contributed by atoms with Gasteiger partial charge in [0.2, 0.25) is 5.91 Å². The van der Waals surface area contributed by atoms with Crippen LogP contribution in [0.25, 0.3) is 0 Å². The number of halogens is 2. The third kappa shape index (κ3) is 5.84. The molecule has 200 valence electrons. The number of carboxylic acids is 1. The maximum atomic E-state index is 14.4. The Balaban J connectivity index is 1.92. The Morgan fingerprint density at radius 2 is 1.76 bits per heavy atom. The molecule has 1 N–H and O–H groups in total. The van der Waals surface area contributed by atoms with Gasteiger partial charge in [0.1, 0.15) is 0 Å². The van der Waals surface area contributed by atoms with Crippen LogP contribution in [0.15, 0.2) is 48.5 Å². The molecule has 1 saturated heterocycles. The highest BCUT2D eigenvalue weighted by atomic mass is 35.5. The molecular formula is C28H33Cl2NO5S. The van der Waals surface area contributed by atoms with E-state index in [0.717, 1.165) is 11.1 Å². The minimum Gasteiger partial charge on any atom is -0.481 e. The topological polar surface area (TPSA) is 91.8 Å². The molecule has 0 radical (unpaired) electrons. The monoisotopic (exact) mass is 565 g/mol. The van der Waals surface area contributed by atoms with Crippen molar-refractivity contribution in [1.82, 2.24) is 4.90 Å². The molecule has 4 rings (SSSR count). The number of likely N-dealkylation sites (tertiary alicyclic amines) is 1. The van der Waals surface area contributed by atoms with Gasteiger partial charge in [-0.1, -0.05) is 61.3 Å². The quantitative estimate of drug-likeness (QED) is 0.366. The number of carbonyl (C=O) groups excluding carboxylic acids is 1. The summed E-state index contributed by atoms with van der Waals surface area (Å²) in [6.07, 6.45) is 2.04. The molecule has 0 spiro atoms. The lowest BCUT2D eigenvalue weighted by atomic mass is 9.65. The number of amides is 1. The second kappa shape index (κ2) is 11.0.